The summed E-state index contributed by atoms with van der Waals surface area (Å²) >= 11 is 0. The Morgan fingerprint density at radius 3 is 2.32 bits per heavy atom. The number of amides is 1. The molecule has 0 aromatic carbocycles. The molecule has 138 valence electrons. The normalized spacial score (nSPS) is 43.4. The van der Waals surface area contributed by atoms with Crippen LogP contribution in [0, 0.1) is 40.9 Å². The van der Waals surface area contributed by atoms with E-state index in [0.717, 1.165) is 19.3 Å². The van der Waals surface area contributed by atoms with Gasteiger partial charge in [-0.3, -0.25) is 14.4 Å². The topological polar surface area (TPSA) is 63.2 Å². The van der Waals surface area contributed by atoms with Crippen molar-refractivity contribution >= 4 is 17.5 Å². The van der Waals surface area contributed by atoms with Crippen molar-refractivity contribution in [1.29, 1.82) is 0 Å². The molecular weight excluding hydrogens is 314 g/mol. The van der Waals surface area contributed by atoms with Gasteiger partial charge in [0.25, 0.3) is 0 Å². The Labute approximate surface area is 150 Å². The molecule has 4 fully saturated rings. The first-order valence-corrected chi connectivity index (χ1v) is 10.2. The van der Waals surface area contributed by atoms with E-state index in [1.165, 1.54) is 25.7 Å². The van der Waals surface area contributed by atoms with Crippen LogP contribution in [0.4, 0.5) is 0 Å². The van der Waals surface area contributed by atoms with Crippen LogP contribution in [0.15, 0.2) is 0 Å². The number of Topliss-reactive ketones (excluding diaryl/α,β-unsaturated/α-hetero) is 2. The van der Waals surface area contributed by atoms with Crippen LogP contribution in [0.1, 0.15) is 65.7 Å². The molecule has 4 rings (SSSR count). The van der Waals surface area contributed by atoms with Crippen LogP contribution in [0.3, 0.4) is 0 Å². The van der Waals surface area contributed by atoms with Crippen LogP contribution in [0.5, 0.6) is 0 Å². The Hall–Kier alpha value is -1.19. The van der Waals surface area contributed by atoms with Gasteiger partial charge < -0.3 is 5.32 Å². The highest BCUT2D eigenvalue weighted by Crippen LogP contribution is 2.58. The van der Waals surface area contributed by atoms with Gasteiger partial charge in [-0.05, 0) is 49.4 Å². The lowest BCUT2D eigenvalue weighted by Crippen LogP contribution is -2.53. The average molecular weight is 345 g/mol. The van der Waals surface area contributed by atoms with Gasteiger partial charge in [0.05, 0.1) is 0 Å². The molecule has 4 aliphatic rings. The first kappa shape index (κ1) is 17.2. The van der Waals surface area contributed by atoms with E-state index >= 15 is 0 Å². The predicted octanol–water partition coefficient (Wildman–Crippen LogP) is 3.14. The van der Waals surface area contributed by atoms with E-state index < -0.39 is 5.41 Å². The number of carbonyl (C=O) groups is 3. The lowest BCUT2D eigenvalue weighted by Gasteiger charge is -2.50. The fraction of sp³-hybridized carbons (Fsp3) is 0.857. The smallest absolute Gasteiger partial charge is 0.225 e. The van der Waals surface area contributed by atoms with Crippen molar-refractivity contribution in [2.45, 2.75) is 71.8 Å². The van der Waals surface area contributed by atoms with Gasteiger partial charge in [0.1, 0.15) is 0 Å². The molecule has 4 heteroatoms. The first-order valence-electron chi connectivity index (χ1n) is 10.2. The molecular formula is C21H31NO3. The van der Waals surface area contributed by atoms with E-state index in [2.05, 4.69) is 5.32 Å². The molecule has 0 spiro atoms. The molecule has 4 nitrogen and oxygen atoms in total. The fourth-order valence-electron chi connectivity index (χ4n) is 6.40. The second-order valence-electron chi connectivity index (χ2n) is 9.97. The third kappa shape index (κ3) is 2.67. The minimum absolute atomic E-state index is 0.00833. The zero-order valence-electron chi connectivity index (χ0n) is 15.7. The molecule has 0 saturated heterocycles. The van der Waals surface area contributed by atoms with Gasteiger partial charge in [-0.25, -0.2) is 0 Å². The second kappa shape index (κ2) is 5.92. The van der Waals surface area contributed by atoms with E-state index in [9.17, 15) is 14.4 Å². The molecule has 0 radical (unpaired) electrons. The summed E-state index contributed by atoms with van der Waals surface area (Å²) in [6.07, 6.45) is 7.92. The van der Waals surface area contributed by atoms with E-state index in [4.69, 9.17) is 0 Å². The maximum atomic E-state index is 12.9. The maximum Gasteiger partial charge on any atom is 0.225 e. The summed E-state index contributed by atoms with van der Waals surface area (Å²) in [5, 5.41) is 3.13. The fourth-order valence-corrected chi connectivity index (χ4v) is 6.40. The Balaban J connectivity index is 1.62. The molecule has 4 aliphatic carbocycles. The molecule has 4 saturated carbocycles. The standard InChI is InChI=1S/C21H31NO3/c1-21(2,3)20(25)22-14-9-8-12-10-11-6-4-5-7-13(11)16-15(12)17(14)19(24)18(16)23/h11-17H,4-10H2,1-3H3,(H,22,25). The molecule has 1 amide bonds. The number of ketones is 2. The molecule has 7 unspecified atom stereocenters. The minimum Gasteiger partial charge on any atom is -0.352 e. The Bertz CT molecular complexity index is 605. The van der Waals surface area contributed by atoms with Crippen LogP contribution in [0.25, 0.3) is 0 Å². The lowest BCUT2D eigenvalue weighted by atomic mass is 9.54. The van der Waals surface area contributed by atoms with Crippen LogP contribution in [-0.2, 0) is 14.4 Å². The Morgan fingerprint density at radius 1 is 0.920 bits per heavy atom. The van der Waals surface area contributed by atoms with Crippen LogP contribution < -0.4 is 5.32 Å². The van der Waals surface area contributed by atoms with E-state index in [-0.39, 0.29) is 41.3 Å². The van der Waals surface area contributed by atoms with Crippen molar-refractivity contribution in [1.82, 2.24) is 5.32 Å². The number of carbonyl (C=O) groups excluding carboxylic acids is 3. The summed E-state index contributed by atoms with van der Waals surface area (Å²) in [5.41, 5.74) is -0.469. The van der Waals surface area contributed by atoms with Crippen LogP contribution >= 0.6 is 0 Å². The summed E-state index contributed by atoms with van der Waals surface area (Å²) < 4.78 is 0. The van der Waals surface area contributed by atoms with Gasteiger partial charge >= 0.3 is 0 Å². The quantitative estimate of drug-likeness (QED) is 0.743. The average Bonchev–Trinajstić information content (AvgIpc) is 2.83. The number of hydrogen-bond acceptors (Lipinski definition) is 3. The zero-order valence-corrected chi connectivity index (χ0v) is 15.7. The van der Waals surface area contributed by atoms with Gasteiger partial charge in [0.2, 0.25) is 17.5 Å². The molecule has 0 aliphatic heterocycles. The predicted molar refractivity (Wildman–Crippen MR) is 94.7 cm³/mol. The summed E-state index contributed by atoms with van der Waals surface area (Å²) in [4.78, 5) is 38.3. The van der Waals surface area contributed by atoms with E-state index in [1.54, 1.807) is 0 Å². The van der Waals surface area contributed by atoms with Gasteiger partial charge in [0.15, 0.2) is 0 Å². The van der Waals surface area contributed by atoms with Crippen LogP contribution in [-0.4, -0.2) is 23.5 Å². The monoisotopic (exact) mass is 345 g/mol. The van der Waals surface area contributed by atoms with Crippen molar-refractivity contribution in [2.24, 2.45) is 40.9 Å². The SMILES string of the molecule is CC(C)(C)C(=O)NC1CCC2CC3CCCCC3C3C(=O)C(=O)C1C23. The highest BCUT2D eigenvalue weighted by molar-refractivity contribution is 6.41. The largest absolute Gasteiger partial charge is 0.352 e. The van der Waals surface area contributed by atoms with Crippen molar-refractivity contribution in [3.05, 3.63) is 0 Å². The van der Waals surface area contributed by atoms with Crippen LogP contribution in [0.2, 0.25) is 0 Å². The summed E-state index contributed by atoms with van der Waals surface area (Å²) in [6, 6.07) is -0.144. The third-order valence-corrected chi connectivity index (χ3v) is 7.54. The second-order valence-corrected chi connectivity index (χ2v) is 9.97. The number of rotatable bonds is 1. The maximum absolute atomic E-state index is 12.9. The van der Waals surface area contributed by atoms with Gasteiger partial charge in [-0.1, -0.05) is 40.0 Å². The Morgan fingerprint density at radius 2 is 1.60 bits per heavy atom. The third-order valence-electron chi connectivity index (χ3n) is 7.54. The molecule has 0 bridgehead atoms. The Kier molecular flexibility index (Phi) is 4.08. The van der Waals surface area contributed by atoms with Crippen molar-refractivity contribution in [3.8, 4) is 0 Å². The lowest BCUT2D eigenvalue weighted by molar-refractivity contribution is -0.139. The molecule has 0 heterocycles. The molecule has 25 heavy (non-hydrogen) atoms. The molecule has 0 aromatic rings. The summed E-state index contributed by atoms with van der Waals surface area (Å²) in [5.74, 6) is 1.18. The van der Waals surface area contributed by atoms with E-state index in [0.29, 0.717) is 17.8 Å². The number of fused-ring (bicyclic) bond motifs is 2. The van der Waals surface area contributed by atoms with Crippen molar-refractivity contribution < 1.29 is 14.4 Å². The van der Waals surface area contributed by atoms with Crippen molar-refractivity contribution in [3.63, 3.8) is 0 Å². The van der Waals surface area contributed by atoms with Gasteiger partial charge in [0, 0.05) is 23.3 Å². The van der Waals surface area contributed by atoms with E-state index in [1.807, 2.05) is 20.8 Å². The van der Waals surface area contributed by atoms with Gasteiger partial charge in [-0.2, -0.15) is 0 Å². The summed E-state index contributed by atoms with van der Waals surface area (Å²) in [6.45, 7) is 5.68. The number of hydrogen-bond donors (Lipinski definition) is 1. The first-order chi connectivity index (χ1) is 11.8. The highest BCUT2D eigenvalue weighted by atomic mass is 16.2. The van der Waals surface area contributed by atoms with Crippen molar-refractivity contribution in [2.75, 3.05) is 0 Å². The van der Waals surface area contributed by atoms with Gasteiger partial charge in [-0.15, -0.1) is 0 Å². The zero-order chi connectivity index (χ0) is 17.9. The minimum atomic E-state index is -0.469. The molecule has 0 aromatic heterocycles. The molecule has 7 atom stereocenters. The highest BCUT2D eigenvalue weighted by Gasteiger charge is 2.62. The molecule has 1 N–H and O–H groups in total. The summed E-state index contributed by atoms with van der Waals surface area (Å²) in [7, 11) is 0. The number of nitrogens with one attached hydrogen (secondary N) is 1.